The Morgan fingerprint density at radius 3 is 2.90 bits per heavy atom. The van der Waals surface area contributed by atoms with Gasteiger partial charge in [-0.15, -0.1) is 0 Å². The standard InChI is InChI=1S/C16H14N2O2/c19-17-13-8-9-18-14-6-1-2-7-15(14)20-10-11-4-3-5-12(13)16(11)18/h1-7,19H,8-10H2. The van der Waals surface area contributed by atoms with Gasteiger partial charge in [-0.2, -0.15) is 0 Å². The van der Waals surface area contributed by atoms with Crippen molar-refractivity contribution in [3.05, 3.63) is 53.6 Å². The topological polar surface area (TPSA) is 45.1 Å². The van der Waals surface area contributed by atoms with Gasteiger partial charge in [0.2, 0.25) is 0 Å². The van der Waals surface area contributed by atoms with Gasteiger partial charge in [0.1, 0.15) is 12.4 Å². The maximum absolute atomic E-state index is 9.21. The van der Waals surface area contributed by atoms with E-state index in [1.165, 1.54) is 0 Å². The summed E-state index contributed by atoms with van der Waals surface area (Å²) < 4.78 is 5.91. The van der Waals surface area contributed by atoms with Crippen LogP contribution in [0.2, 0.25) is 0 Å². The highest BCUT2D eigenvalue weighted by Gasteiger charge is 2.29. The van der Waals surface area contributed by atoms with Crippen LogP contribution >= 0.6 is 0 Å². The van der Waals surface area contributed by atoms with Gasteiger partial charge in [0.05, 0.1) is 17.1 Å². The van der Waals surface area contributed by atoms with Crippen LogP contribution in [0.3, 0.4) is 0 Å². The summed E-state index contributed by atoms with van der Waals surface area (Å²) in [6.45, 7) is 1.33. The zero-order valence-corrected chi connectivity index (χ0v) is 10.9. The maximum atomic E-state index is 9.21. The second kappa shape index (κ2) is 4.27. The van der Waals surface area contributed by atoms with Crippen molar-refractivity contribution in [2.24, 2.45) is 5.16 Å². The summed E-state index contributed by atoms with van der Waals surface area (Å²) in [6, 6.07) is 14.1. The lowest BCUT2D eigenvalue weighted by molar-refractivity contribution is 0.310. The molecule has 2 aromatic carbocycles. The van der Waals surface area contributed by atoms with Gasteiger partial charge in [-0.1, -0.05) is 35.5 Å². The first-order chi connectivity index (χ1) is 9.88. The van der Waals surface area contributed by atoms with Crippen LogP contribution in [-0.4, -0.2) is 17.5 Å². The van der Waals surface area contributed by atoms with Gasteiger partial charge in [0.25, 0.3) is 0 Å². The second-order valence-corrected chi connectivity index (χ2v) is 5.02. The molecule has 4 rings (SSSR count). The van der Waals surface area contributed by atoms with Crippen LogP contribution < -0.4 is 9.64 Å². The normalized spacial score (nSPS) is 18.0. The van der Waals surface area contributed by atoms with E-state index in [2.05, 4.69) is 22.2 Å². The number of fused-ring (bicyclic) bond motifs is 2. The maximum Gasteiger partial charge on any atom is 0.143 e. The molecule has 4 nitrogen and oxygen atoms in total. The van der Waals surface area contributed by atoms with Gasteiger partial charge < -0.3 is 14.8 Å². The lowest BCUT2D eigenvalue weighted by Crippen LogP contribution is -2.29. The zero-order valence-electron chi connectivity index (χ0n) is 10.9. The van der Waals surface area contributed by atoms with Gasteiger partial charge in [-0.25, -0.2) is 0 Å². The minimum atomic E-state index is 0.537. The largest absolute Gasteiger partial charge is 0.487 e. The fourth-order valence-corrected chi connectivity index (χ4v) is 3.03. The third kappa shape index (κ3) is 1.51. The number of benzene rings is 2. The Morgan fingerprint density at radius 2 is 2.00 bits per heavy atom. The molecule has 20 heavy (non-hydrogen) atoms. The number of oxime groups is 1. The van der Waals surface area contributed by atoms with Crippen molar-refractivity contribution in [3.8, 4) is 5.75 Å². The second-order valence-electron chi connectivity index (χ2n) is 5.02. The fraction of sp³-hybridized carbons (Fsp3) is 0.188. The monoisotopic (exact) mass is 266 g/mol. The smallest absolute Gasteiger partial charge is 0.143 e. The number of hydrogen-bond donors (Lipinski definition) is 1. The van der Waals surface area contributed by atoms with Gasteiger partial charge in [0, 0.05) is 24.1 Å². The lowest BCUT2D eigenvalue weighted by Gasteiger charge is -2.32. The lowest BCUT2D eigenvalue weighted by atomic mass is 9.96. The highest BCUT2D eigenvalue weighted by Crippen LogP contribution is 2.43. The summed E-state index contributed by atoms with van der Waals surface area (Å²) >= 11 is 0. The average molecular weight is 266 g/mol. The third-order valence-corrected chi connectivity index (χ3v) is 3.93. The van der Waals surface area contributed by atoms with E-state index in [-0.39, 0.29) is 0 Å². The summed E-state index contributed by atoms with van der Waals surface area (Å²) in [5, 5.41) is 12.7. The van der Waals surface area contributed by atoms with Gasteiger partial charge in [-0.05, 0) is 12.1 Å². The minimum absolute atomic E-state index is 0.537. The van der Waals surface area contributed by atoms with E-state index in [1.54, 1.807) is 0 Å². The Hall–Kier alpha value is -2.49. The first kappa shape index (κ1) is 11.3. The Labute approximate surface area is 116 Å². The fourth-order valence-electron chi connectivity index (χ4n) is 3.03. The summed E-state index contributed by atoms with van der Waals surface area (Å²) in [7, 11) is 0. The molecule has 0 spiro atoms. The van der Waals surface area contributed by atoms with Crippen molar-refractivity contribution in [1.29, 1.82) is 0 Å². The molecule has 0 saturated heterocycles. The molecule has 2 heterocycles. The van der Waals surface area contributed by atoms with Crippen molar-refractivity contribution >= 4 is 17.1 Å². The first-order valence-electron chi connectivity index (χ1n) is 6.71. The van der Waals surface area contributed by atoms with E-state index >= 15 is 0 Å². The highest BCUT2D eigenvalue weighted by molar-refractivity contribution is 6.08. The van der Waals surface area contributed by atoms with E-state index in [0.29, 0.717) is 6.61 Å². The van der Waals surface area contributed by atoms with Crippen molar-refractivity contribution < 1.29 is 9.94 Å². The van der Waals surface area contributed by atoms with Crippen molar-refractivity contribution in [1.82, 2.24) is 0 Å². The molecular formula is C16H14N2O2. The van der Waals surface area contributed by atoms with Crippen molar-refractivity contribution in [2.45, 2.75) is 13.0 Å². The quantitative estimate of drug-likeness (QED) is 0.588. The molecule has 2 aromatic rings. The van der Waals surface area contributed by atoms with Crippen molar-refractivity contribution in [2.75, 3.05) is 11.4 Å². The number of ether oxygens (including phenoxy) is 1. The molecule has 0 bridgehead atoms. The Morgan fingerprint density at radius 1 is 1.10 bits per heavy atom. The van der Waals surface area contributed by atoms with Crippen LogP contribution in [0.1, 0.15) is 17.5 Å². The predicted molar refractivity (Wildman–Crippen MR) is 77.2 cm³/mol. The number of hydrogen-bond acceptors (Lipinski definition) is 4. The SMILES string of the molecule is ON=C1CCN2c3ccccc3OCc3cccc1c32. The van der Waals surface area contributed by atoms with Gasteiger partial charge in [-0.3, -0.25) is 0 Å². The van der Waals surface area contributed by atoms with Crippen LogP contribution in [0.5, 0.6) is 5.75 Å². The van der Waals surface area contributed by atoms with Crippen LogP contribution in [0, 0.1) is 0 Å². The minimum Gasteiger partial charge on any atom is -0.487 e. The third-order valence-electron chi connectivity index (χ3n) is 3.93. The molecule has 0 fully saturated rings. The molecule has 0 atom stereocenters. The predicted octanol–water partition coefficient (Wildman–Crippen LogP) is 3.30. The van der Waals surface area contributed by atoms with E-state index in [0.717, 1.165) is 46.9 Å². The Bertz CT molecular complexity index is 709. The summed E-state index contributed by atoms with van der Waals surface area (Å²) in [5.41, 5.74) is 5.06. The zero-order chi connectivity index (χ0) is 13.5. The molecule has 0 saturated carbocycles. The number of anilines is 2. The van der Waals surface area contributed by atoms with Crippen LogP contribution in [-0.2, 0) is 6.61 Å². The molecule has 2 aliphatic rings. The van der Waals surface area contributed by atoms with E-state index in [9.17, 15) is 5.21 Å². The first-order valence-corrected chi connectivity index (χ1v) is 6.71. The molecule has 0 amide bonds. The molecule has 100 valence electrons. The number of nitrogens with zero attached hydrogens (tertiary/aromatic N) is 2. The number of para-hydroxylation sites is 3. The van der Waals surface area contributed by atoms with Crippen LogP contribution in [0.25, 0.3) is 0 Å². The van der Waals surface area contributed by atoms with Crippen LogP contribution in [0.4, 0.5) is 11.4 Å². The Kier molecular flexibility index (Phi) is 2.42. The van der Waals surface area contributed by atoms with Gasteiger partial charge in [0.15, 0.2) is 0 Å². The summed E-state index contributed by atoms with van der Waals surface area (Å²) in [6.07, 6.45) is 0.723. The van der Waals surface area contributed by atoms with Crippen molar-refractivity contribution in [3.63, 3.8) is 0 Å². The molecule has 0 radical (unpaired) electrons. The van der Waals surface area contributed by atoms with E-state index in [1.807, 2.05) is 30.3 Å². The highest BCUT2D eigenvalue weighted by atomic mass is 16.5. The number of rotatable bonds is 0. The molecule has 0 aliphatic carbocycles. The van der Waals surface area contributed by atoms with E-state index in [4.69, 9.17) is 4.74 Å². The molecule has 4 heteroatoms. The molecule has 0 aromatic heterocycles. The van der Waals surface area contributed by atoms with Gasteiger partial charge >= 0.3 is 0 Å². The summed E-state index contributed by atoms with van der Waals surface area (Å²) in [5.74, 6) is 0.902. The van der Waals surface area contributed by atoms with Crippen LogP contribution in [0.15, 0.2) is 47.6 Å². The molecular weight excluding hydrogens is 252 g/mol. The molecule has 0 unspecified atom stereocenters. The average Bonchev–Trinajstić information content (AvgIpc) is 2.67. The molecule has 1 N–H and O–H groups in total. The summed E-state index contributed by atoms with van der Waals surface area (Å²) in [4.78, 5) is 2.27. The van der Waals surface area contributed by atoms with E-state index < -0.39 is 0 Å². The Balaban J connectivity index is 1.99. The molecule has 2 aliphatic heterocycles.